The molecular formula is C20H22N4O3. The van der Waals surface area contributed by atoms with E-state index in [1.165, 1.54) is 24.9 Å². The Balaban J connectivity index is 1.40. The second kappa shape index (κ2) is 7.65. The van der Waals surface area contributed by atoms with E-state index in [0.717, 1.165) is 24.4 Å². The van der Waals surface area contributed by atoms with Crippen LogP contribution in [-0.2, 0) is 6.54 Å². The lowest BCUT2D eigenvalue weighted by molar-refractivity contribution is 0.0904. The first kappa shape index (κ1) is 17.3. The Labute approximate surface area is 157 Å². The van der Waals surface area contributed by atoms with Crippen molar-refractivity contribution in [1.82, 2.24) is 15.5 Å². The lowest BCUT2D eigenvalue weighted by atomic mass is 10.1. The minimum Gasteiger partial charge on any atom is -0.465 e. The van der Waals surface area contributed by atoms with Gasteiger partial charge in [0.15, 0.2) is 0 Å². The third-order valence-electron chi connectivity index (χ3n) is 4.69. The predicted octanol–water partition coefficient (Wildman–Crippen LogP) is 3.56. The number of amides is 1. The molecule has 1 N–H and O–H groups in total. The van der Waals surface area contributed by atoms with Gasteiger partial charge in [-0.1, -0.05) is 5.16 Å². The number of piperidine rings is 1. The Bertz CT molecular complexity index is 907. The van der Waals surface area contributed by atoms with Crippen molar-refractivity contribution in [3.8, 4) is 11.4 Å². The predicted molar refractivity (Wildman–Crippen MR) is 100 cm³/mol. The topological polar surface area (TPSA) is 84.4 Å². The molecule has 0 saturated carbocycles. The first-order chi connectivity index (χ1) is 13.2. The summed E-state index contributed by atoms with van der Waals surface area (Å²) in [4.78, 5) is 18.8. The molecule has 140 valence electrons. The van der Waals surface area contributed by atoms with Crippen LogP contribution in [0.4, 0.5) is 5.69 Å². The number of furan rings is 1. The van der Waals surface area contributed by atoms with Gasteiger partial charge in [0.2, 0.25) is 5.82 Å². The number of hydrogen-bond acceptors (Lipinski definition) is 6. The maximum Gasteiger partial charge on any atom is 0.316 e. The molecule has 3 aromatic rings. The summed E-state index contributed by atoms with van der Waals surface area (Å²) in [6.45, 7) is 4.32. The largest absolute Gasteiger partial charge is 0.465 e. The van der Waals surface area contributed by atoms with Crippen molar-refractivity contribution in [3.05, 3.63) is 53.8 Å². The summed E-state index contributed by atoms with van der Waals surface area (Å²) in [7, 11) is 0. The molecule has 1 saturated heterocycles. The maximum atomic E-state index is 12.2. The Kier molecular flexibility index (Phi) is 4.91. The number of hydrogen-bond donors (Lipinski definition) is 1. The number of nitrogens with one attached hydrogen (secondary N) is 1. The first-order valence-electron chi connectivity index (χ1n) is 9.22. The van der Waals surface area contributed by atoms with Crippen LogP contribution in [0.1, 0.15) is 41.5 Å². The van der Waals surface area contributed by atoms with Gasteiger partial charge >= 0.3 is 11.8 Å². The fourth-order valence-electron chi connectivity index (χ4n) is 3.23. The zero-order valence-corrected chi connectivity index (χ0v) is 15.3. The van der Waals surface area contributed by atoms with E-state index in [0.29, 0.717) is 11.6 Å². The fraction of sp³-hybridized carbons (Fsp3) is 0.350. The molecule has 0 atom stereocenters. The number of carbonyl (C=O) groups is 1. The molecule has 1 fully saturated rings. The minimum absolute atomic E-state index is 0.0617. The molecule has 1 amide bonds. The molecule has 2 aromatic heterocycles. The van der Waals surface area contributed by atoms with Crippen LogP contribution < -0.4 is 10.2 Å². The van der Waals surface area contributed by atoms with E-state index in [1.807, 2.05) is 31.2 Å². The SMILES string of the molecule is Cc1ccc(CNC(=O)c2nc(-c3ccc(N4CCCCC4)cc3)no2)o1. The summed E-state index contributed by atoms with van der Waals surface area (Å²) < 4.78 is 10.5. The summed E-state index contributed by atoms with van der Waals surface area (Å²) in [5.41, 5.74) is 2.02. The van der Waals surface area contributed by atoms with Crippen molar-refractivity contribution in [2.75, 3.05) is 18.0 Å². The standard InChI is InChI=1S/C20H22N4O3/c1-14-5-10-17(26-14)13-21-19(25)20-22-18(23-27-20)15-6-8-16(9-7-15)24-11-3-2-4-12-24/h5-10H,2-4,11-13H2,1H3,(H,21,25). The van der Waals surface area contributed by atoms with Crippen LogP contribution in [0.15, 0.2) is 45.3 Å². The van der Waals surface area contributed by atoms with Crippen molar-refractivity contribution in [1.29, 1.82) is 0 Å². The molecule has 0 unspecified atom stereocenters. The summed E-state index contributed by atoms with van der Waals surface area (Å²) in [6, 6.07) is 11.7. The fourth-order valence-corrected chi connectivity index (χ4v) is 3.23. The van der Waals surface area contributed by atoms with Gasteiger partial charge in [0.1, 0.15) is 11.5 Å². The lowest BCUT2D eigenvalue weighted by Crippen LogP contribution is -2.29. The molecule has 7 nitrogen and oxygen atoms in total. The lowest BCUT2D eigenvalue weighted by Gasteiger charge is -2.28. The van der Waals surface area contributed by atoms with Crippen molar-refractivity contribution in [2.45, 2.75) is 32.7 Å². The van der Waals surface area contributed by atoms with Gasteiger partial charge in [0, 0.05) is 24.3 Å². The molecular weight excluding hydrogens is 344 g/mol. The molecule has 1 aliphatic rings. The van der Waals surface area contributed by atoms with Gasteiger partial charge in [-0.05, 0) is 62.6 Å². The zero-order chi connectivity index (χ0) is 18.6. The molecule has 3 heterocycles. The third kappa shape index (κ3) is 4.02. The van der Waals surface area contributed by atoms with Gasteiger partial charge in [-0.2, -0.15) is 4.98 Å². The van der Waals surface area contributed by atoms with E-state index in [9.17, 15) is 4.79 Å². The van der Waals surface area contributed by atoms with E-state index in [4.69, 9.17) is 8.94 Å². The average Bonchev–Trinajstić information content (AvgIpc) is 3.36. The molecule has 0 bridgehead atoms. The first-order valence-corrected chi connectivity index (χ1v) is 9.22. The van der Waals surface area contributed by atoms with Crippen molar-refractivity contribution < 1.29 is 13.7 Å². The highest BCUT2D eigenvalue weighted by molar-refractivity contribution is 5.89. The van der Waals surface area contributed by atoms with E-state index in [1.54, 1.807) is 0 Å². The van der Waals surface area contributed by atoms with E-state index in [2.05, 4.69) is 32.5 Å². The second-order valence-corrected chi connectivity index (χ2v) is 6.71. The molecule has 1 aliphatic heterocycles. The number of rotatable bonds is 5. The summed E-state index contributed by atoms with van der Waals surface area (Å²) in [6.07, 6.45) is 3.78. The summed E-state index contributed by atoms with van der Waals surface area (Å²) in [5, 5.41) is 6.63. The van der Waals surface area contributed by atoms with Gasteiger partial charge in [-0.3, -0.25) is 4.79 Å². The number of nitrogens with zero attached hydrogens (tertiary/aromatic N) is 3. The normalized spacial score (nSPS) is 14.3. The van der Waals surface area contributed by atoms with Crippen LogP contribution in [0, 0.1) is 6.92 Å². The van der Waals surface area contributed by atoms with Gasteiger partial charge in [-0.25, -0.2) is 0 Å². The molecule has 0 radical (unpaired) electrons. The van der Waals surface area contributed by atoms with Crippen LogP contribution in [0.5, 0.6) is 0 Å². The Hall–Kier alpha value is -3.09. The second-order valence-electron chi connectivity index (χ2n) is 6.71. The number of carbonyl (C=O) groups excluding carboxylic acids is 1. The number of aryl methyl sites for hydroxylation is 1. The third-order valence-corrected chi connectivity index (χ3v) is 4.69. The van der Waals surface area contributed by atoms with Crippen LogP contribution >= 0.6 is 0 Å². The van der Waals surface area contributed by atoms with Crippen LogP contribution in [0.2, 0.25) is 0 Å². The van der Waals surface area contributed by atoms with Crippen LogP contribution in [0.25, 0.3) is 11.4 Å². The summed E-state index contributed by atoms with van der Waals surface area (Å²) in [5.74, 6) is 1.39. The zero-order valence-electron chi connectivity index (χ0n) is 15.3. The average molecular weight is 366 g/mol. The van der Waals surface area contributed by atoms with E-state index in [-0.39, 0.29) is 12.4 Å². The molecule has 1 aromatic carbocycles. The van der Waals surface area contributed by atoms with Crippen LogP contribution in [0.3, 0.4) is 0 Å². The molecule has 7 heteroatoms. The van der Waals surface area contributed by atoms with Gasteiger partial charge in [0.25, 0.3) is 0 Å². The minimum atomic E-state index is -0.423. The number of benzene rings is 1. The highest BCUT2D eigenvalue weighted by Gasteiger charge is 2.17. The van der Waals surface area contributed by atoms with Gasteiger partial charge < -0.3 is 19.2 Å². The van der Waals surface area contributed by atoms with Crippen molar-refractivity contribution in [3.63, 3.8) is 0 Å². The van der Waals surface area contributed by atoms with Gasteiger partial charge in [-0.15, -0.1) is 0 Å². The van der Waals surface area contributed by atoms with Crippen LogP contribution in [-0.4, -0.2) is 29.1 Å². The van der Waals surface area contributed by atoms with E-state index < -0.39 is 5.91 Å². The molecule has 4 rings (SSSR count). The highest BCUT2D eigenvalue weighted by atomic mass is 16.5. The highest BCUT2D eigenvalue weighted by Crippen LogP contribution is 2.23. The summed E-state index contributed by atoms with van der Waals surface area (Å²) >= 11 is 0. The van der Waals surface area contributed by atoms with Gasteiger partial charge in [0.05, 0.1) is 6.54 Å². The Morgan fingerprint density at radius 3 is 2.59 bits per heavy atom. The molecule has 27 heavy (non-hydrogen) atoms. The Morgan fingerprint density at radius 1 is 1.11 bits per heavy atom. The maximum absolute atomic E-state index is 12.2. The molecule has 0 spiro atoms. The number of aromatic nitrogens is 2. The molecule has 0 aliphatic carbocycles. The Morgan fingerprint density at radius 2 is 1.89 bits per heavy atom. The quantitative estimate of drug-likeness (QED) is 0.743. The smallest absolute Gasteiger partial charge is 0.316 e. The van der Waals surface area contributed by atoms with Crippen molar-refractivity contribution in [2.24, 2.45) is 0 Å². The van der Waals surface area contributed by atoms with Crippen molar-refractivity contribution >= 4 is 11.6 Å². The van der Waals surface area contributed by atoms with E-state index >= 15 is 0 Å². The number of anilines is 1. The monoisotopic (exact) mass is 366 g/mol.